The van der Waals surface area contributed by atoms with E-state index < -0.39 is 0 Å². The number of nitrogens with one attached hydrogen (secondary N) is 1. The van der Waals surface area contributed by atoms with E-state index in [1.54, 1.807) is 0 Å². The smallest absolute Gasteiger partial charge is 0.0702 e. The zero-order valence-electron chi connectivity index (χ0n) is 11.1. The minimum absolute atomic E-state index is 0.0191. The van der Waals surface area contributed by atoms with Gasteiger partial charge in [0, 0.05) is 28.0 Å². The van der Waals surface area contributed by atoms with E-state index in [0.717, 1.165) is 21.4 Å². The average Bonchev–Trinajstić information content (AvgIpc) is 2.85. The topological polar surface area (TPSA) is 50.1 Å². The number of hydrogen-bond acceptors (Lipinski definition) is 3. The number of halogens is 1. The van der Waals surface area contributed by atoms with E-state index in [1.165, 1.54) is 0 Å². The van der Waals surface area contributed by atoms with Crippen LogP contribution in [-0.2, 0) is 13.2 Å². The van der Waals surface area contributed by atoms with Gasteiger partial charge in [0.25, 0.3) is 0 Å². The number of benzene rings is 1. The van der Waals surface area contributed by atoms with E-state index in [-0.39, 0.29) is 6.61 Å². The summed E-state index contributed by atoms with van der Waals surface area (Å²) >= 11 is 3.40. The highest BCUT2D eigenvalue weighted by Gasteiger charge is 2.07. The highest BCUT2D eigenvalue weighted by molar-refractivity contribution is 9.10. The number of hydrogen-bond donors (Lipinski definition) is 2. The molecule has 0 atom stereocenters. The fourth-order valence-electron chi connectivity index (χ4n) is 2.00. The largest absolute Gasteiger partial charge is 0.392 e. The first kappa shape index (κ1) is 14.1. The molecule has 0 radical (unpaired) electrons. The Morgan fingerprint density at radius 1 is 1.37 bits per heavy atom. The van der Waals surface area contributed by atoms with Gasteiger partial charge >= 0.3 is 0 Å². The van der Waals surface area contributed by atoms with Crippen LogP contribution in [0.25, 0.3) is 0 Å². The predicted molar refractivity (Wildman–Crippen MR) is 80.0 cm³/mol. The third-order valence-electron chi connectivity index (χ3n) is 2.94. The van der Waals surface area contributed by atoms with Crippen LogP contribution in [0.5, 0.6) is 0 Å². The van der Waals surface area contributed by atoms with Gasteiger partial charge in [-0.2, -0.15) is 5.10 Å². The summed E-state index contributed by atoms with van der Waals surface area (Å²) in [5, 5.41) is 17.0. The van der Waals surface area contributed by atoms with E-state index in [4.69, 9.17) is 0 Å². The third kappa shape index (κ3) is 3.36. The molecule has 1 aromatic carbocycles. The summed E-state index contributed by atoms with van der Waals surface area (Å²) in [6.07, 6.45) is 1.81. The second kappa shape index (κ2) is 6.21. The zero-order valence-corrected chi connectivity index (χ0v) is 12.7. The Kier molecular flexibility index (Phi) is 4.61. The standard InChI is InChI=1S/C14H18BrN3O/c1-10(2)18-13(5-6-17-18)8-16-14-4-3-12(15)7-11(14)9-19/h3-7,10,16,19H,8-9H2,1-2H3. The number of rotatable bonds is 5. The van der Waals surface area contributed by atoms with Crippen molar-refractivity contribution in [2.24, 2.45) is 0 Å². The van der Waals surface area contributed by atoms with Crippen molar-refractivity contribution in [2.45, 2.75) is 33.0 Å². The number of nitrogens with zero attached hydrogens (tertiary/aromatic N) is 2. The molecule has 0 aliphatic carbocycles. The fraction of sp³-hybridized carbons (Fsp3) is 0.357. The second-order valence-corrected chi connectivity index (χ2v) is 5.59. The molecule has 0 saturated carbocycles. The first-order chi connectivity index (χ1) is 9.11. The predicted octanol–water partition coefficient (Wildman–Crippen LogP) is 3.33. The van der Waals surface area contributed by atoms with Crippen molar-refractivity contribution in [1.29, 1.82) is 0 Å². The summed E-state index contributed by atoms with van der Waals surface area (Å²) < 4.78 is 2.96. The van der Waals surface area contributed by atoms with Gasteiger partial charge in [-0.3, -0.25) is 4.68 Å². The van der Waals surface area contributed by atoms with Crippen LogP contribution >= 0.6 is 15.9 Å². The van der Waals surface area contributed by atoms with E-state index >= 15 is 0 Å². The summed E-state index contributed by atoms with van der Waals surface area (Å²) in [4.78, 5) is 0. The number of aliphatic hydroxyl groups excluding tert-OH is 1. The van der Waals surface area contributed by atoms with Crippen LogP contribution < -0.4 is 5.32 Å². The molecule has 0 aliphatic rings. The van der Waals surface area contributed by atoms with E-state index in [1.807, 2.05) is 35.1 Å². The summed E-state index contributed by atoms with van der Waals surface area (Å²) in [7, 11) is 0. The van der Waals surface area contributed by atoms with Gasteiger partial charge in [-0.05, 0) is 38.1 Å². The molecular weight excluding hydrogens is 306 g/mol. The van der Waals surface area contributed by atoms with Crippen molar-refractivity contribution in [1.82, 2.24) is 9.78 Å². The van der Waals surface area contributed by atoms with Gasteiger partial charge in [-0.1, -0.05) is 15.9 Å². The lowest BCUT2D eigenvalue weighted by Gasteiger charge is -2.14. The lowest BCUT2D eigenvalue weighted by Crippen LogP contribution is -2.11. The van der Waals surface area contributed by atoms with E-state index in [2.05, 4.69) is 40.2 Å². The maximum Gasteiger partial charge on any atom is 0.0702 e. The van der Waals surface area contributed by atoms with Gasteiger partial charge in [0.15, 0.2) is 0 Å². The summed E-state index contributed by atoms with van der Waals surface area (Å²) in [6.45, 7) is 4.92. The molecule has 0 fully saturated rings. The molecule has 2 aromatic rings. The number of aromatic nitrogens is 2. The maximum absolute atomic E-state index is 9.36. The van der Waals surface area contributed by atoms with E-state index in [0.29, 0.717) is 12.6 Å². The van der Waals surface area contributed by atoms with Crippen LogP contribution in [0.4, 0.5) is 5.69 Å². The Bertz CT molecular complexity index is 551. The normalized spacial score (nSPS) is 11.0. The van der Waals surface area contributed by atoms with Crippen molar-refractivity contribution < 1.29 is 5.11 Å². The Balaban J connectivity index is 2.12. The average molecular weight is 324 g/mol. The third-order valence-corrected chi connectivity index (χ3v) is 3.43. The second-order valence-electron chi connectivity index (χ2n) is 4.67. The molecule has 0 amide bonds. The monoisotopic (exact) mass is 323 g/mol. The molecule has 5 heteroatoms. The quantitative estimate of drug-likeness (QED) is 0.887. The number of anilines is 1. The van der Waals surface area contributed by atoms with Crippen LogP contribution in [-0.4, -0.2) is 14.9 Å². The van der Waals surface area contributed by atoms with Crippen molar-refractivity contribution in [3.05, 3.63) is 46.2 Å². The summed E-state index contributed by atoms with van der Waals surface area (Å²) in [6, 6.07) is 8.19. The van der Waals surface area contributed by atoms with Gasteiger partial charge in [-0.15, -0.1) is 0 Å². The SMILES string of the molecule is CC(C)n1nccc1CNc1ccc(Br)cc1CO. The summed E-state index contributed by atoms with van der Waals surface area (Å²) in [5.41, 5.74) is 2.95. The lowest BCUT2D eigenvalue weighted by atomic mass is 10.2. The molecule has 2 N–H and O–H groups in total. The van der Waals surface area contributed by atoms with Crippen molar-refractivity contribution in [2.75, 3.05) is 5.32 Å². The van der Waals surface area contributed by atoms with Crippen molar-refractivity contribution in [3.8, 4) is 0 Å². The van der Waals surface area contributed by atoms with Crippen molar-refractivity contribution >= 4 is 21.6 Å². The molecule has 0 unspecified atom stereocenters. The van der Waals surface area contributed by atoms with Crippen LogP contribution in [0.3, 0.4) is 0 Å². The van der Waals surface area contributed by atoms with Gasteiger partial charge < -0.3 is 10.4 Å². The van der Waals surface area contributed by atoms with Crippen LogP contribution in [0, 0.1) is 0 Å². The van der Waals surface area contributed by atoms with Crippen molar-refractivity contribution in [3.63, 3.8) is 0 Å². The van der Waals surface area contributed by atoms with Crippen LogP contribution in [0.1, 0.15) is 31.1 Å². The Morgan fingerprint density at radius 2 is 2.16 bits per heavy atom. The molecule has 19 heavy (non-hydrogen) atoms. The Hall–Kier alpha value is -1.33. The van der Waals surface area contributed by atoms with Gasteiger partial charge in [-0.25, -0.2) is 0 Å². The van der Waals surface area contributed by atoms with Gasteiger partial charge in [0.2, 0.25) is 0 Å². The van der Waals surface area contributed by atoms with E-state index in [9.17, 15) is 5.11 Å². The molecule has 1 aromatic heterocycles. The maximum atomic E-state index is 9.36. The molecule has 0 saturated heterocycles. The zero-order chi connectivity index (χ0) is 13.8. The minimum atomic E-state index is 0.0191. The highest BCUT2D eigenvalue weighted by atomic mass is 79.9. The van der Waals surface area contributed by atoms with Crippen LogP contribution in [0.15, 0.2) is 34.9 Å². The molecular formula is C14H18BrN3O. The first-order valence-electron chi connectivity index (χ1n) is 6.27. The highest BCUT2D eigenvalue weighted by Crippen LogP contribution is 2.22. The first-order valence-corrected chi connectivity index (χ1v) is 7.06. The minimum Gasteiger partial charge on any atom is -0.392 e. The molecule has 102 valence electrons. The molecule has 0 bridgehead atoms. The summed E-state index contributed by atoms with van der Waals surface area (Å²) in [5.74, 6) is 0. The molecule has 0 aliphatic heterocycles. The Labute approximate surface area is 121 Å². The molecule has 4 nitrogen and oxygen atoms in total. The number of aliphatic hydroxyl groups is 1. The molecule has 0 spiro atoms. The lowest BCUT2D eigenvalue weighted by molar-refractivity contribution is 0.282. The Morgan fingerprint density at radius 3 is 2.84 bits per heavy atom. The van der Waals surface area contributed by atoms with Gasteiger partial charge in [0.1, 0.15) is 0 Å². The molecule has 2 rings (SSSR count). The van der Waals surface area contributed by atoms with Gasteiger partial charge in [0.05, 0.1) is 18.8 Å². The fourth-order valence-corrected chi connectivity index (χ4v) is 2.41. The van der Waals surface area contributed by atoms with Crippen LogP contribution in [0.2, 0.25) is 0 Å². The molecule has 1 heterocycles.